The van der Waals surface area contributed by atoms with Gasteiger partial charge in [-0.1, -0.05) is 38.5 Å². The fourth-order valence-electron chi connectivity index (χ4n) is 5.31. The van der Waals surface area contributed by atoms with Gasteiger partial charge in [-0.3, -0.25) is 19.2 Å². The van der Waals surface area contributed by atoms with Crippen molar-refractivity contribution in [2.24, 2.45) is 5.92 Å². The third-order valence-corrected chi connectivity index (χ3v) is 11.1. The van der Waals surface area contributed by atoms with Crippen molar-refractivity contribution in [3.05, 3.63) is 0 Å². The van der Waals surface area contributed by atoms with Gasteiger partial charge in [0.15, 0.2) is 0 Å². The molecule has 0 heterocycles. The topological polar surface area (TPSA) is 221 Å². The number of hydrogen-bond acceptors (Lipinski definition) is 13. The summed E-state index contributed by atoms with van der Waals surface area (Å²) in [5, 5.41) is 10.3. The zero-order valence-electron chi connectivity index (χ0n) is 34.4. The minimum Gasteiger partial charge on any atom is -0.778 e. The minimum atomic E-state index is -4.20. The van der Waals surface area contributed by atoms with Gasteiger partial charge >= 0.3 is 0 Å². The van der Waals surface area contributed by atoms with Crippen LogP contribution in [0, 0.1) is 42.9 Å². The number of rotatable bonds is 34. The highest BCUT2D eigenvalue weighted by molar-refractivity contribution is 7.53. The van der Waals surface area contributed by atoms with Crippen molar-refractivity contribution in [3.63, 3.8) is 0 Å². The van der Waals surface area contributed by atoms with Gasteiger partial charge < -0.3 is 63.7 Å². The second-order valence-corrected chi connectivity index (χ2v) is 17.0. The highest BCUT2D eigenvalue weighted by Gasteiger charge is 2.42. The molecule has 0 radical (unpaired) electrons. The van der Waals surface area contributed by atoms with Crippen LogP contribution in [0.5, 0.6) is 0 Å². The molecule has 4 N–H and O–H groups in total. The Morgan fingerprint density at radius 3 is 1.29 bits per heavy atom. The van der Waals surface area contributed by atoms with E-state index < -0.39 is 30.3 Å². The van der Waals surface area contributed by atoms with E-state index in [9.17, 15) is 28.6 Å². The second-order valence-electron chi connectivity index (χ2n) is 14.5. The van der Waals surface area contributed by atoms with E-state index in [1.54, 1.807) is 20.8 Å². The van der Waals surface area contributed by atoms with Gasteiger partial charge in [-0.2, -0.15) is 0 Å². The van der Waals surface area contributed by atoms with Gasteiger partial charge in [0.25, 0.3) is 0 Å². The van der Waals surface area contributed by atoms with E-state index in [0.717, 1.165) is 0 Å². The van der Waals surface area contributed by atoms with E-state index >= 15 is 0 Å². The summed E-state index contributed by atoms with van der Waals surface area (Å²) < 4.78 is 49.9. The Bertz CT molecular complexity index is 1280. The molecule has 17 nitrogen and oxygen atoms in total. The third-order valence-electron chi connectivity index (χ3n) is 8.83. The van der Waals surface area contributed by atoms with Gasteiger partial charge in [-0.15, -0.1) is 19.3 Å². The number of terminal acetylenes is 3. The summed E-state index contributed by atoms with van der Waals surface area (Å²) in [6, 6.07) is 0. The van der Waals surface area contributed by atoms with Crippen LogP contribution >= 0.6 is 7.60 Å². The summed E-state index contributed by atoms with van der Waals surface area (Å²) in [7, 11) is -4.20. The highest BCUT2D eigenvalue weighted by Crippen LogP contribution is 2.54. The van der Waals surface area contributed by atoms with E-state index in [1.165, 1.54) is 0 Å². The van der Waals surface area contributed by atoms with Crippen molar-refractivity contribution in [3.8, 4) is 37.0 Å². The molecule has 0 aromatic heterocycles. The van der Waals surface area contributed by atoms with Gasteiger partial charge in [0, 0.05) is 55.5 Å². The SMILES string of the molecule is C#CCOCCOCCNC(=O)CCC(CCC(=O)NCCOCCOCC#C)(CCC(=O)NCCOCCOCC#C)NC(=O)C1CC(OP(=O)([O-])C(C)(C)C)C1. The maximum Gasteiger partial charge on any atom is 0.223 e. The van der Waals surface area contributed by atoms with E-state index in [1.807, 2.05) is 0 Å². The Kier molecular flexibility index (Phi) is 27.6. The Labute approximate surface area is 344 Å². The number of nitrogens with one attached hydrogen (secondary N) is 4. The number of amides is 4. The first kappa shape index (κ1) is 52.5. The number of carbonyl (C=O) groups is 4. The van der Waals surface area contributed by atoms with Gasteiger partial charge in [-0.25, -0.2) is 0 Å². The van der Waals surface area contributed by atoms with Gasteiger partial charge in [0.1, 0.15) is 27.4 Å². The zero-order chi connectivity index (χ0) is 43.1. The van der Waals surface area contributed by atoms with Gasteiger partial charge in [0.05, 0.1) is 65.6 Å². The average molecular weight is 840 g/mol. The molecule has 328 valence electrons. The van der Waals surface area contributed by atoms with Crippen molar-refractivity contribution in [2.45, 2.75) is 88.9 Å². The lowest BCUT2D eigenvalue weighted by molar-refractivity contribution is -0.212. The molecule has 1 saturated carbocycles. The maximum absolute atomic E-state index is 13.8. The zero-order valence-corrected chi connectivity index (χ0v) is 35.3. The van der Waals surface area contributed by atoms with Crippen molar-refractivity contribution >= 4 is 31.2 Å². The molecule has 1 unspecified atom stereocenters. The second kappa shape index (κ2) is 30.5. The van der Waals surface area contributed by atoms with Crippen LogP contribution < -0.4 is 26.2 Å². The minimum absolute atomic E-state index is 0.0404. The monoisotopic (exact) mass is 839 g/mol. The summed E-state index contributed by atoms with van der Waals surface area (Å²) in [5.74, 6) is 5.15. The molecule has 1 fully saturated rings. The third kappa shape index (κ3) is 24.4. The van der Waals surface area contributed by atoms with Crippen LogP contribution in [0.2, 0.25) is 0 Å². The van der Waals surface area contributed by atoms with Crippen LogP contribution in [-0.2, 0) is 56.7 Å². The van der Waals surface area contributed by atoms with E-state index in [4.69, 9.17) is 52.2 Å². The molecule has 0 aliphatic heterocycles. The molecule has 0 saturated heterocycles. The lowest BCUT2D eigenvalue weighted by Crippen LogP contribution is -2.54. The summed E-state index contributed by atoms with van der Waals surface area (Å²) in [4.78, 5) is 65.5. The molecule has 0 bridgehead atoms. The van der Waals surface area contributed by atoms with Crippen molar-refractivity contribution in [2.75, 3.05) is 98.9 Å². The van der Waals surface area contributed by atoms with Gasteiger partial charge in [-0.05, 0) is 32.1 Å². The standard InChI is InChI=1S/C40H65N4O13P/c1-7-19-51-25-28-54-22-16-41-35(45)10-13-40(14-11-36(46)42-17-23-55-29-26-52-20-8-2,15-12-37(47)43-18-24-56-30-27-53-21-9-3)44-38(48)33-31-34(32-33)57-58(49,50)39(4,5)6/h1-3,33-34H,10-32H2,4-6H3,(H,41,45)(H,42,46)(H,43,47)(H,44,48)(H,49,50)/p-1. The number of carbonyl (C=O) groups excluding carboxylic acids is 4. The predicted octanol–water partition coefficient (Wildman–Crippen LogP) is 0.677. The van der Waals surface area contributed by atoms with Crippen LogP contribution in [0.15, 0.2) is 0 Å². The molecule has 0 aromatic rings. The lowest BCUT2D eigenvalue weighted by Gasteiger charge is -2.44. The van der Waals surface area contributed by atoms with Crippen molar-refractivity contribution in [1.82, 2.24) is 21.3 Å². The molecule has 0 spiro atoms. The number of ether oxygens (including phenoxy) is 6. The van der Waals surface area contributed by atoms with Gasteiger partial charge in [0.2, 0.25) is 23.6 Å². The lowest BCUT2D eigenvalue weighted by atomic mass is 9.78. The number of hydrogen-bond donors (Lipinski definition) is 4. The average Bonchev–Trinajstić information content (AvgIpc) is 3.16. The Balaban J connectivity index is 3.02. The van der Waals surface area contributed by atoms with Crippen LogP contribution in [0.25, 0.3) is 0 Å². The van der Waals surface area contributed by atoms with E-state index in [-0.39, 0.29) is 134 Å². The smallest absolute Gasteiger partial charge is 0.223 e. The summed E-state index contributed by atoms with van der Waals surface area (Å²) >= 11 is 0. The Morgan fingerprint density at radius 1 is 0.621 bits per heavy atom. The molecule has 1 rings (SSSR count). The Morgan fingerprint density at radius 2 is 0.966 bits per heavy atom. The van der Waals surface area contributed by atoms with Crippen LogP contribution in [0.3, 0.4) is 0 Å². The molecule has 0 aromatic carbocycles. The molecule has 1 aliphatic rings. The molecule has 1 atom stereocenters. The molecule has 18 heteroatoms. The molecular formula is C40H64N4O13P-. The fraction of sp³-hybridized carbons (Fsp3) is 0.750. The molecular weight excluding hydrogens is 775 g/mol. The quantitative estimate of drug-likeness (QED) is 0.0399. The first-order valence-electron chi connectivity index (χ1n) is 19.6. The molecule has 1 aliphatic carbocycles. The largest absolute Gasteiger partial charge is 0.778 e. The van der Waals surface area contributed by atoms with Crippen LogP contribution in [0.4, 0.5) is 0 Å². The maximum atomic E-state index is 13.8. The normalized spacial score (nSPS) is 16.1. The summed E-state index contributed by atoms with van der Waals surface area (Å²) in [6.07, 6.45) is 15.3. The van der Waals surface area contributed by atoms with E-state index in [2.05, 4.69) is 39.0 Å². The van der Waals surface area contributed by atoms with Crippen LogP contribution in [-0.4, -0.2) is 139 Å². The first-order valence-corrected chi connectivity index (χ1v) is 21.1. The Hall–Kier alpha value is -3.53. The highest BCUT2D eigenvalue weighted by atomic mass is 31.2. The van der Waals surface area contributed by atoms with E-state index in [0.29, 0.717) is 39.6 Å². The molecule has 58 heavy (non-hydrogen) atoms. The van der Waals surface area contributed by atoms with Crippen LogP contribution in [0.1, 0.15) is 72.1 Å². The summed E-state index contributed by atoms with van der Waals surface area (Å²) in [6.45, 7) is 8.32. The first-order chi connectivity index (χ1) is 27.7. The fourth-order valence-corrected chi connectivity index (χ4v) is 6.19. The van der Waals surface area contributed by atoms with Crippen molar-refractivity contribution < 1.29 is 61.6 Å². The predicted molar refractivity (Wildman–Crippen MR) is 214 cm³/mol. The summed E-state index contributed by atoms with van der Waals surface area (Å²) in [5.41, 5.74) is -1.17. The van der Waals surface area contributed by atoms with Crippen molar-refractivity contribution in [1.29, 1.82) is 0 Å². The molecule has 4 amide bonds.